The molecule has 0 heterocycles. The molecule has 0 radical (unpaired) electrons. The van der Waals surface area contributed by atoms with Crippen molar-refractivity contribution in [2.24, 2.45) is 0 Å². The number of ether oxygens (including phenoxy) is 1. The summed E-state index contributed by atoms with van der Waals surface area (Å²) in [4.78, 5) is 21.0. The fraction of sp³-hybridized carbons (Fsp3) is 0.857. The van der Waals surface area contributed by atoms with Crippen LogP contribution in [0.1, 0.15) is 59.3 Å². The van der Waals surface area contributed by atoms with Gasteiger partial charge in [0.1, 0.15) is 8.75 Å². The molecule has 0 fully saturated rings. The van der Waals surface area contributed by atoms with Gasteiger partial charge in [0.15, 0.2) is 0 Å². The molecule has 0 spiro atoms. The van der Waals surface area contributed by atoms with Gasteiger partial charge in [0.2, 0.25) is 0 Å². The lowest BCUT2D eigenvalue weighted by Crippen LogP contribution is -2.16. The van der Waals surface area contributed by atoms with Crippen LogP contribution in [0.15, 0.2) is 0 Å². The summed E-state index contributed by atoms with van der Waals surface area (Å²) < 4.78 is 4.58. The van der Waals surface area contributed by atoms with Crippen LogP contribution in [0.25, 0.3) is 0 Å². The first-order chi connectivity index (χ1) is 9.40. The number of carbonyl (C=O) groups excluding carboxylic acids is 1. The van der Waals surface area contributed by atoms with Gasteiger partial charge in [-0.2, -0.15) is 0 Å². The molecule has 0 saturated heterocycles. The van der Waals surface area contributed by atoms with Gasteiger partial charge in [-0.3, -0.25) is 9.59 Å². The van der Waals surface area contributed by atoms with Crippen LogP contribution in [0.3, 0.4) is 0 Å². The molecule has 0 saturated carbocycles. The van der Waals surface area contributed by atoms with E-state index in [-0.39, 0.29) is 14.7 Å². The zero-order valence-corrected chi connectivity index (χ0v) is 16.3. The van der Waals surface area contributed by atoms with E-state index in [1.807, 2.05) is 36.4 Å². The van der Waals surface area contributed by atoms with E-state index in [4.69, 9.17) is 9.84 Å². The second-order valence-electron chi connectivity index (χ2n) is 4.31. The predicted molar refractivity (Wildman–Crippen MR) is 93.8 cm³/mol. The molecular formula is C14H26BrIO4. The van der Waals surface area contributed by atoms with Crippen molar-refractivity contribution in [3.8, 4) is 0 Å². The second-order valence-corrected chi connectivity index (χ2v) is 6.92. The zero-order valence-electron chi connectivity index (χ0n) is 12.5. The van der Waals surface area contributed by atoms with Crippen molar-refractivity contribution < 1.29 is 19.4 Å². The Bertz CT molecular complexity index is 262. The summed E-state index contributed by atoms with van der Waals surface area (Å²) in [6.45, 7) is 6.42. The molecule has 0 amide bonds. The first-order valence-electron chi connectivity index (χ1n) is 7.08. The summed E-state index contributed by atoms with van der Waals surface area (Å²) in [5, 5.41) is 8.47. The molecule has 0 aromatic carbocycles. The van der Waals surface area contributed by atoms with Crippen LogP contribution in [0.2, 0.25) is 0 Å². The minimum absolute atomic E-state index is 0.113. The van der Waals surface area contributed by atoms with Gasteiger partial charge in [0.25, 0.3) is 0 Å². The van der Waals surface area contributed by atoms with Gasteiger partial charge in [-0.05, 0) is 19.8 Å². The Kier molecular flexibility index (Phi) is 17.4. The number of unbranched alkanes of at least 4 members (excludes halogenated alkanes) is 2. The molecular weight excluding hydrogens is 439 g/mol. The maximum absolute atomic E-state index is 10.9. The monoisotopic (exact) mass is 464 g/mol. The number of carboxylic acid groups (broad SMARTS) is 1. The van der Waals surface area contributed by atoms with E-state index in [0.717, 1.165) is 38.5 Å². The van der Waals surface area contributed by atoms with Gasteiger partial charge in [0, 0.05) is 0 Å². The van der Waals surface area contributed by atoms with Crippen molar-refractivity contribution in [2.75, 3.05) is 6.61 Å². The van der Waals surface area contributed by atoms with Gasteiger partial charge < -0.3 is 9.84 Å². The third-order valence-corrected chi connectivity index (χ3v) is 4.40. The number of hydrogen-bond donors (Lipinski definition) is 1. The Labute approximate surface area is 144 Å². The Morgan fingerprint density at radius 1 is 1.15 bits per heavy atom. The average molecular weight is 465 g/mol. The highest BCUT2D eigenvalue weighted by Crippen LogP contribution is 2.11. The first-order valence-corrected chi connectivity index (χ1v) is 9.24. The van der Waals surface area contributed by atoms with Crippen LogP contribution >= 0.6 is 38.5 Å². The Hall–Kier alpha value is 0.150. The fourth-order valence-corrected chi connectivity index (χ4v) is 2.33. The second kappa shape index (κ2) is 15.5. The molecule has 0 rings (SSSR count). The van der Waals surface area contributed by atoms with Gasteiger partial charge in [-0.1, -0.05) is 78.1 Å². The topological polar surface area (TPSA) is 63.6 Å². The summed E-state index contributed by atoms with van der Waals surface area (Å²) >= 11 is 5.20. The molecule has 120 valence electrons. The smallest absolute Gasteiger partial charge is 0.319 e. The van der Waals surface area contributed by atoms with Gasteiger partial charge in [0.05, 0.1) is 6.61 Å². The van der Waals surface area contributed by atoms with Crippen molar-refractivity contribution in [2.45, 2.75) is 68.0 Å². The van der Waals surface area contributed by atoms with Crippen molar-refractivity contribution in [1.29, 1.82) is 0 Å². The van der Waals surface area contributed by atoms with Crippen LogP contribution < -0.4 is 0 Å². The minimum Gasteiger partial charge on any atom is -0.480 e. The lowest BCUT2D eigenvalue weighted by atomic mass is 10.2. The molecule has 20 heavy (non-hydrogen) atoms. The number of halogens is 2. The Morgan fingerprint density at radius 3 is 2.15 bits per heavy atom. The van der Waals surface area contributed by atoms with E-state index >= 15 is 0 Å². The van der Waals surface area contributed by atoms with Crippen molar-refractivity contribution in [3.63, 3.8) is 0 Å². The lowest BCUT2D eigenvalue weighted by molar-refractivity contribution is -0.142. The summed E-state index contributed by atoms with van der Waals surface area (Å²) in [7, 11) is 0. The number of rotatable bonds is 9. The van der Waals surface area contributed by atoms with Crippen LogP contribution in [0.4, 0.5) is 0 Å². The van der Waals surface area contributed by atoms with E-state index in [9.17, 15) is 9.59 Å². The van der Waals surface area contributed by atoms with E-state index in [2.05, 4.69) is 22.9 Å². The highest BCUT2D eigenvalue weighted by Gasteiger charge is 2.13. The average Bonchev–Trinajstić information content (AvgIpc) is 2.40. The molecule has 2 unspecified atom stereocenters. The van der Waals surface area contributed by atoms with Crippen LogP contribution in [0, 0.1) is 0 Å². The molecule has 0 bridgehead atoms. The summed E-state index contributed by atoms with van der Waals surface area (Å²) in [6.07, 6.45) is 5.99. The summed E-state index contributed by atoms with van der Waals surface area (Å²) in [5.41, 5.74) is 0. The maximum atomic E-state index is 10.9. The molecule has 0 aliphatic carbocycles. The van der Waals surface area contributed by atoms with E-state index in [1.54, 1.807) is 0 Å². The molecule has 1 N–H and O–H groups in total. The molecule has 2 atom stereocenters. The molecule has 4 nitrogen and oxygen atoms in total. The van der Waals surface area contributed by atoms with E-state index in [1.165, 1.54) is 0 Å². The molecule has 0 aromatic heterocycles. The number of hydrogen-bond acceptors (Lipinski definition) is 3. The number of carbonyl (C=O) groups is 2. The SMILES string of the molecule is CCCC(Br)C(=O)OCC.CCCCCC(I)C(=O)O. The highest BCUT2D eigenvalue weighted by atomic mass is 127. The lowest BCUT2D eigenvalue weighted by Gasteiger charge is -2.05. The highest BCUT2D eigenvalue weighted by molar-refractivity contribution is 14.1. The molecule has 6 heteroatoms. The number of alkyl halides is 2. The van der Waals surface area contributed by atoms with Gasteiger partial charge in [-0.15, -0.1) is 0 Å². The zero-order chi connectivity index (χ0) is 16.0. The normalized spacial score (nSPS) is 12.8. The quantitative estimate of drug-likeness (QED) is 0.235. The third kappa shape index (κ3) is 14.6. The molecule has 0 aliphatic heterocycles. The third-order valence-electron chi connectivity index (χ3n) is 2.41. The number of carboxylic acids is 1. The Morgan fingerprint density at radius 2 is 1.75 bits per heavy atom. The largest absolute Gasteiger partial charge is 0.480 e. The van der Waals surface area contributed by atoms with Crippen molar-refractivity contribution in [1.82, 2.24) is 0 Å². The maximum Gasteiger partial charge on any atom is 0.319 e. The van der Waals surface area contributed by atoms with Crippen molar-refractivity contribution in [3.05, 3.63) is 0 Å². The van der Waals surface area contributed by atoms with Gasteiger partial charge >= 0.3 is 11.9 Å². The predicted octanol–water partition coefficient (Wildman–Crippen LogP) is 4.57. The van der Waals surface area contributed by atoms with Crippen LogP contribution in [-0.4, -0.2) is 32.4 Å². The van der Waals surface area contributed by atoms with E-state index in [0.29, 0.717) is 6.61 Å². The van der Waals surface area contributed by atoms with E-state index < -0.39 is 5.97 Å². The summed E-state index contributed by atoms with van der Waals surface area (Å²) in [5.74, 6) is -0.832. The standard InChI is InChI=1S/C7H13BrO2.C7H13IO2/c1-3-5-6(8)7(9)10-4-2;1-2-3-4-5-6(8)7(9)10/h6H,3-5H2,1-2H3;6H,2-5H2,1H3,(H,9,10). The van der Waals surface area contributed by atoms with Crippen molar-refractivity contribution >= 4 is 50.5 Å². The molecule has 0 aliphatic rings. The van der Waals surface area contributed by atoms with Crippen LogP contribution in [-0.2, 0) is 14.3 Å². The molecule has 0 aromatic rings. The first kappa shape index (κ1) is 22.4. The Balaban J connectivity index is 0. The minimum atomic E-state index is -0.684. The number of aliphatic carboxylic acids is 1. The van der Waals surface area contributed by atoms with Crippen LogP contribution in [0.5, 0.6) is 0 Å². The fourth-order valence-electron chi connectivity index (χ4n) is 1.30. The van der Waals surface area contributed by atoms with Gasteiger partial charge in [-0.25, -0.2) is 0 Å². The number of esters is 1. The summed E-state index contributed by atoms with van der Waals surface area (Å²) in [6, 6.07) is 0.